The van der Waals surface area contributed by atoms with Crippen molar-refractivity contribution in [3.8, 4) is 5.75 Å². The van der Waals surface area contributed by atoms with E-state index in [1.807, 2.05) is 6.07 Å². The SMILES string of the molecule is CN(O)CCc1cccc(O)c1. The van der Waals surface area contributed by atoms with Crippen LogP contribution >= 0.6 is 0 Å². The van der Waals surface area contributed by atoms with Gasteiger partial charge in [-0.25, -0.2) is 0 Å². The van der Waals surface area contributed by atoms with E-state index in [-0.39, 0.29) is 5.75 Å². The number of rotatable bonds is 3. The molecule has 0 aliphatic rings. The number of likely N-dealkylation sites (N-methyl/N-ethyl adjacent to an activating group) is 1. The number of phenols is 1. The van der Waals surface area contributed by atoms with Gasteiger partial charge in [0.1, 0.15) is 5.75 Å². The molecule has 0 spiro atoms. The van der Waals surface area contributed by atoms with Gasteiger partial charge < -0.3 is 10.3 Å². The van der Waals surface area contributed by atoms with E-state index >= 15 is 0 Å². The zero-order chi connectivity index (χ0) is 8.97. The van der Waals surface area contributed by atoms with Crippen molar-refractivity contribution in [3.63, 3.8) is 0 Å². The summed E-state index contributed by atoms with van der Waals surface area (Å²) in [6.45, 7) is 0.573. The Bertz CT molecular complexity index is 248. The molecule has 0 aromatic heterocycles. The lowest BCUT2D eigenvalue weighted by Gasteiger charge is -2.07. The molecule has 1 rings (SSSR count). The average Bonchev–Trinajstić information content (AvgIpc) is 2.01. The Morgan fingerprint density at radius 3 is 2.75 bits per heavy atom. The molecule has 0 bridgehead atoms. The standard InChI is InChI=1S/C9H13NO2/c1-10(12)6-5-8-3-2-4-9(11)7-8/h2-4,7,11-12H,5-6H2,1H3. The molecule has 1 aromatic carbocycles. The summed E-state index contributed by atoms with van der Waals surface area (Å²) in [5.41, 5.74) is 1.02. The largest absolute Gasteiger partial charge is 0.508 e. The molecule has 3 nitrogen and oxygen atoms in total. The average molecular weight is 167 g/mol. The molecule has 0 unspecified atom stereocenters. The van der Waals surface area contributed by atoms with E-state index in [0.717, 1.165) is 17.0 Å². The van der Waals surface area contributed by atoms with Gasteiger partial charge >= 0.3 is 0 Å². The van der Waals surface area contributed by atoms with Crippen LogP contribution in [0.25, 0.3) is 0 Å². The zero-order valence-corrected chi connectivity index (χ0v) is 7.07. The topological polar surface area (TPSA) is 43.7 Å². The lowest BCUT2D eigenvalue weighted by atomic mass is 10.1. The fraction of sp³-hybridized carbons (Fsp3) is 0.333. The highest BCUT2D eigenvalue weighted by Crippen LogP contribution is 2.11. The van der Waals surface area contributed by atoms with Gasteiger partial charge in [-0.1, -0.05) is 12.1 Å². The summed E-state index contributed by atoms with van der Waals surface area (Å²) in [6, 6.07) is 7.04. The summed E-state index contributed by atoms with van der Waals surface area (Å²) in [5, 5.41) is 19.1. The molecule has 0 amide bonds. The number of phenolic OH excluding ortho intramolecular Hbond substituents is 1. The highest BCUT2D eigenvalue weighted by Gasteiger charge is 1.96. The van der Waals surface area contributed by atoms with Gasteiger partial charge in [-0.05, 0) is 24.1 Å². The number of aromatic hydroxyl groups is 1. The first-order chi connectivity index (χ1) is 5.68. The van der Waals surface area contributed by atoms with E-state index < -0.39 is 0 Å². The summed E-state index contributed by atoms with van der Waals surface area (Å²) in [7, 11) is 1.60. The minimum atomic E-state index is 0.271. The molecule has 0 aliphatic heterocycles. The highest BCUT2D eigenvalue weighted by atomic mass is 16.5. The second kappa shape index (κ2) is 4.09. The van der Waals surface area contributed by atoms with Gasteiger partial charge in [-0.3, -0.25) is 0 Å². The minimum absolute atomic E-state index is 0.271. The number of hydroxylamine groups is 2. The fourth-order valence-corrected chi connectivity index (χ4v) is 1.00. The maximum absolute atomic E-state index is 9.10. The van der Waals surface area contributed by atoms with Crippen LogP contribution in [0.4, 0.5) is 0 Å². The fourth-order valence-electron chi connectivity index (χ4n) is 1.00. The Morgan fingerprint density at radius 2 is 2.17 bits per heavy atom. The van der Waals surface area contributed by atoms with Crippen LogP contribution in [-0.2, 0) is 6.42 Å². The molecule has 66 valence electrons. The van der Waals surface area contributed by atoms with Crippen LogP contribution in [0.15, 0.2) is 24.3 Å². The smallest absolute Gasteiger partial charge is 0.115 e. The van der Waals surface area contributed by atoms with Crippen molar-refractivity contribution in [1.82, 2.24) is 5.06 Å². The Hall–Kier alpha value is -1.06. The van der Waals surface area contributed by atoms with Gasteiger partial charge in [0.2, 0.25) is 0 Å². The molecule has 12 heavy (non-hydrogen) atoms. The molecular formula is C9H13NO2. The second-order valence-electron chi connectivity index (χ2n) is 2.80. The number of nitrogens with zero attached hydrogens (tertiary/aromatic N) is 1. The van der Waals surface area contributed by atoms with Gasteiger partial charge in [-0.2, -0.15) is 5.06 Å². The lowest BCUT2D eigenvalue weighted by molar-refractivity contribution is -0.0634. The first-order valence-electron chi connectivity index (χ1n) is 3.86. The minimum Gasteiger partial charge on any atom is -0.508 e. The summed E-state index contributed by atoms with van der Waals surface area (Å²) >= 11 is 0. The Morgan fingerprint density at radius 1 is 1.42 bits per heavy atom. The number of hydrogen-bond donors (Lipinski definition) is 2. The van der Waals surface area contributed by atoms with Crippen LogP contribution in [0.1, 0.15) is 5.56 Å². The third-order valence-corrected chi connectivity index (χ3v) is 1.63. The third kappa shape index (κ3) is 2.90. The Labute approximate surface area is 71.8 Å². The van der Waals surface area contributed by atoms with Crippen LogP contribution in [-0.4, -0.2) is 29.0 Å². The summed E-state index contributed by atoms with van der Waals surface area (Å²) < 4.78 is 0. The van der Waals surface area contributed by atoms with Crippen molar-refractivity contribution in [1.29, 1.82) is 0 Å². The highest BCUT2D eigenvalue weighted by molar-refractivity contribution is 5.27. The maximum atomic E-state index is 9.10. The Balaban J connectivity index is 2.52. The molecule has 0 aliphatic carbocycles. The van der Waals surface area contributed by atoms with Crippen molar-refractivity contribution in [2.24, 2.45) is 0 Å². The van der Waals surface area contributed by atoms with Crippen LogP contribution in [0.3, 0.4) is 0 Å². The first-order valence-corrected chi connectivity index (χ1v) is 3.86. The molecule has 0 atom stereocenters. The lowest BCUT2D eigenvalue weighted by Crippen LogP contribution is -2.15. The molecule has 0 saturated heterocycles. The second-order valence-corrected chi connectivity index (χ2v) is 2.80. The van der Waals surface area contributed by atoms with E-state index in [2.05, 4.69) is 0 Å². The molecule has 0 heterocycles. The molecule has 2 N–H and O–H groups in total. The van der Waals surface area contributed by atoms with E-state index in [1.165, 1.54) is 0 Å². The molecule has 0 fully saturated rings. The van der Waals surface area contributed by atoms with Crippen molar-refractivity contribution in [2.75, 3.05) is 13.6 Å². The van der Waals surface area contributed by atoms with Gasteiger partial charge in [-0.15, -0.1) is 0 Å². The zero-order valence-electron chi connectivity index (χ0n) is 7.07. The van der Waals surface area contributed by atoms with Crippen molar-refractivity contribution < 1.29 is 10.3 Å². The summed E-state index contributed by atoms with van der Waals surface area (Å²) in [4.78, 5) is 0. The van der Waals surface area contributed by atoms with Crippen LogP contribution < -0.4 is 0 Å². The van der Waals surface area contributed by atoms with Crippen LogP contribution in [0, 0.1) is 0 Å². The molecule has 0 saturated carbocycles. The van der Waals surface area contributed by atoms with Gasteiger partial charge in [0.25, 0.3) is 0 Å². The predicted molar refractivity (Wildman–Crippen MR) is 46.2 cm³/mol. The number of hydrogen-bond acceptors (Lipinski definition) is 3. The van der Waals surface area contributed by atoms with Gasteiger partial charge in [0, 0.05) is 13.6 Å². The monoisotopic (exact) mass is 167 g/mol. The molecule has 1 aromatic rings. The van der Waals surface area contributed by atoms with Crippen LogP contribution in [0.5, 0.6) is 5.75 Å². The van der Waals surface area contributed by atoms with Crippen LogP contribution in [0.2, 0.25) is 0 Å². The van der Waals surface area contributed by atoms with E-state index in [9.17, 15) is 0 Å². The van der Waals surface area contributed by atoms with Gasteiger partial charge in [0.15, 0.2) is 0 Å². The maximum Gasteiger partial charge on any atom is 0.115 e. The number of benzene rings is 1. The predicted octanol–water partition coefficient (Wildman–Crippen LogP) is 1.26. The first kappa shape index (κ1) is 9.03. The summed E-state index contributed by atoms with van der Waals surface area (Å²) in [6.07, 6.45) is 0.738. The van der Waals surface area contributed by atoms with Crippen molar-refractivity contribution in [2.45, 2.75) is 6.42 Å². The normalized spacial score (nSPS) is 10.6. The molecule has 0 radical (unpaired) electrons. The quantitative estimate of drug-likeness (QED) is 0.666. The van der Waals surface area contributed by atoms with Gasteiger partial charge in [0.05, 0.1) is 0 Å². The summed E-state index contributed by atoms with van der Waals surface area (Å²) in [5.74, 6) is 0.271. The Kier molecular flexibility index (Phi) is 3.08. The van der Waals surface area contributed by atoms with E-state index in [1.54, 1.807) is 25.2 Å². The van der Waals surface area contributed by atoms with Crippen molar-refractivity contribution in [3.05, 3.63) is 29.8 Å². The third-order valence-electron chi connectivity index (χ3n) is 1.63. The molecular weight excluding hydrogens is 154 g/mol. The van der Waals surface area contributed by atoms with E-state index in [4.69, 9.17) is 10.3 Å². The molecule has 3 heteroatoms. The van der Waals surface area contributed by atoms with Crippen molar-refractivity contribution >= 4 is 0 Å². The van der Waals surface area contributed by atoms with E-state index in [0.29, 0.717) is 6.54 Å².